The van der Waals surface area contributed by atoms with Crippen LogP contribution in [-0.4, -0.2) is 35.8 Å². The molecule has 0 aromatic rings. The van der Waals surface area contributed by atoms with Crippen molar-refractivity contribution < 1.29 is 10.0 Å². The Balaban J connectivity index is 2.00. The molecule has 0 saturated carbocycles. The summed E-state index contributed by atoms with van der Waals surface area (Å²) in [6, 6.07) is 0.888. The van der Waals surface area contributed by atoms with Gasteiger partial charge >= 0.3 is 7.12 Å². The predicted octanol–water partition coefficient (Wildman–Crippen LogP) is -0.291. The van der Waals surface area contributed by atoms with Crippen molar-refractivity contribution in [1.29, 1.82) is 0 Å². The number of nitrogens with two attached hydrogens (primary N) is 1. The number of unbranched alkanes of at least 4 members (excludes halogenated alkanes) is 1. The Morgan fingerprint density at radius 3 is 2.79 bits per heavy atom. The molecule has 1 aliphatic heterocycles. The minimum Gasteiger partial charge on any atom is -0.427 e. The topological polar surface area (TPSA) is 78.5 Å². The largest absolute Gasteiger partial charge is 0.451 e. The van der Waals surface area contributed by atoms with Crippen molar-refractivity contribution in [2.24, 2.45) is 5.73 Å². The Labute approximate surface area is 86.0 Å². The van der Waals surface area contributed by atoms with Crippen LogP contribution < -0.4 is 11.1 Å². The van der Waals surface area contributed by atoms with Crippen molar-refractivity contribution in [3.63, 3.8) is 0 Å². The number of hydrogen-bond donors (Lipinski definition) is 4. The maximum absolute atomic E-state index is 8.65. The second-order valence-electron chi connectivity index (χ2n) is 4.20. The summed E-state index contributed by atoms with van der Waals surface area (Å²) in [5, 5.41) is 20.7. The third kappa shape index (κ3) is 4.95. The highest BCUT2D eigenvalue weighted by molar-refractivity contribution is 6.40. The molecule has 1 fully saturated rings. The van der Waals surface area contributed by atoms with Crippen molar-refractivity contribution in [3.05, 3.63) is 0 Å². The fourth-order valence-electron chi connectivity index (χ4n) is 1.98. The molecule has 0 radical (unpaired) electrons. The van der Waals surface area contributed by atoms with E-state index in [2.05, 4.69) is 5.32 Å². The van der Waals surface area contributed by atoms with E-state index in [9.17, 15) is 0 Å². The van der Waals surface area contributed by atoms with E-state index in [4.69, 9.17) is 15.8 Å². The maximum atomic E-state index is 8.65. The Bertz CT molecular complexity index is 158. The van der Waals surface area contributed by atoms with E-state index >= 15 is 0 Å². The molecule has 0 aliphatic carbocycles. The molecule has 0 unspecified atom stereocenters. The van der Waals surface area contributed by atoms with Gasteiger partial charge in [-0.05, 0) is 32.1 Å². The molecular weight excluding hydrogens is 179 g/mol. The van der Waals surface area contributed by atoms with Gasteiger partial charge in [0.15, 0.2) is 0 Å². The lowest BCUT2D eigenvalue weighted by Gasteiger charge is -2.28. The summed E-state index contributed by atoms with van der Waals surface area (Å²) in [6.45, 7) is 1.02. The molecular formula is C9H21BN2O2. The summed E-state index contributed by atoms with van der Waals surface area (Å²) in [7, 11) is -1.14. The van der Waals surface area contributed by atoms with Gasteiger partial charge < -0.3 is 21.1 Å². The number of hydrogen-bond acceptors (Lipinski definition) is 4. The molecule has 0 amide bonds. The minimum absolute atomic E-state index is 0.352. The maximum Gasteiger partial charge on any atom is 0.451 e. The molecule has 1 aliphatic rings. The summed E-state index contributed by atoms with van der Waals surface area (Å²) < 4.78 is 0. The number of nitrogens with one attached hydrogen (secondary N) is 1. The fourth-order valence-corrected chi connectivity index (χ4v) is 1.98. The minimum atomic E-state index is -1.14. The van der Waals surface area contributed by atoms with Crippen LogP contribution in [0.2, 0.25) is 6.32 Å². The van der Waals surface area contributed by atoms with Crippen molar-refractivity contribution in [1.82, 2.24) is 5.32 Å². The van der Waals surface area contributed by atoms with Crippen molar-refractivity contribution >= 4 is 7.12 Å². The van der Waals surface area contributed by atoms with Crippen molar-refractivity contribution in [3.8, 4) is 0 Å². The van der Waals surface area contributed by atoms with Gasteiger partial charge in [0.05, 0.1) is 0 Å². The molecule has 1 heterocycles. The lowest BCUT2D eigenvalue weighted by molar-refractivity contribution is 0.338. The van der Waals surface area contributed by atoms with Gasteiger partial charge in [-0.1, -0.05) is 12.8 Å². The molecule has 4 nitrogen and oxygen atoms in total. The van der Waals surface area contributed by atoms with Gasteiger partial charge in [0.25, 0.3) is 0 Å². The summed E-state index contributed by atoms with van der Waals surface area (Å²) >= 11 is 0. The lowest BCUT2D eigenvalue weighted by Crippen LogP contribution is -2.43. The van der Waals surface area contributed by atoms with Gasteiger partial charge in [-0.25, -0.2) is 0 Å². The fraction of sp³-hybridized carbons (Fsp3) is 1.00. The molecule has 0 bridgehead atoms. The van der Waals surface area contributed by atoms with E-state index in [1.165, 1.54) is 0 Å². The van der Waals surface area contributed by atoms with Gasteiger partial charge in [-0.15, -0.1) is 0 Å². The average molecular weight is 200 g/mol. The number of piperidine rings is 1. The first-order valence-corrected chi connectivity index (χ1v) is 5.53. The van der Waals surface area contributed by atoms with Crippen molar-refractivity contribution in [2.45, 2.75) is 50.5 Å². The molecule has 5 N–H and O–H groups in total. The quantitative estimate of drug-likeness (QED) is 0.363. The van der Waals surface area contributed by atoms with E-state index in [1.54, 1.807) is 0 Å². The van der Waals surface area contributed by atoms with Gasteiger partial charge in [-0.3, -0.25) is 0 Å². The second-order valence-corrected chi connectivity index (χ2v) is 4.20. The molecule has 14 heavy (non-hydrogen) atoms. The number of rotatable bonds is 5. The summed E-state index contributed by atoms with van der Waals surface area (Å²) in [5.41, 5.74) is 5.86. The van der Waals surface area contributed by atoms with Crippen LogP contribution in [0.4, 0.5) is 0 Å². The molecule has 0 aromatic carbocycles. The lowest BCUT2D eigenvalue weighted by atomic mass is 9.83. The molecule has 0 aromatic heterocycles. The highest BCUT2D eigenvalue weighted by Gasteiger charge is 2.17. The van der Waals surface area contributed by atoms with E-state index in [1.807, 2.05) is 0 Å². The first kappa shape index (κ1) is 12.0. The zero-order chi connectivity index (χ0) is 10.4. The van der Waals surface area contributed by atoms with Crippen LogP contribution in [0.25, 0.3) is 0 Å². The Hall–Kier alpha value is -0.0951. The summed E-state index contributed by atoms with van der Waals surface area (Å²) in [4.78, 5) is 0. The van der Waals surface area contributed by atoms with E-state index < -0.39 is 7.12 Å². The standard InChI is InChI=1S/C9H21BN2O2/c11-8-4-6-12-9(7-8)3-1-2-5-10(13)14/h8-9,12-14H,1-7,11H2/t8-,9-/m0/s1. The van der Waals surface area contributed by atoms with Crippen LogP contribution >= 0.6 is 0 Å². The Morgan fingerprint density at radius 1 is 1.36 bits per heavy atom. The van der Waals surface area contributed by atoms with E-state index in [0.717, 1.165) is 38.6 Å². The first-order valence-electron chi connectivity index (χ1n) is 5.53. The zero-order valence-electron chi connectivity index (χ0n) is 8.65. The Kier molecular flexibility index (Phi) is 5.48. The van der Waals surface area contributed by atoms with E-state index in [0.29, 0.717) is 18.4 Å². The molecule has 1 saturated heterocycles. The zero-order valence-corrected chi connectivity index (χ0v) is 8.65. The Morgan fingerprint density at radius 2 is 2.14 bits per heavy atom. The molecule has 0 spiro atoms. The highest BCUT2D eigenvalue weighted by atomic mass is 16.4. The van der Waals surface area contributed by atoms with Gasteiger partial charge in [0.1, 0.15) is 0 Å². The molecule has 2 atom stereocenters. The van der Waals surface area contributed by atoms with Gasteiger partial charge in [0, 0.05) is 12.1 Å². The van der Waals surface area contributed by atoms with Crippen LogP contribution in [0.5, 0.6) is 0 Å². The summed E-state index contributed by atoms with van der Waals surface area (Å²) in [6.07, 6.45) is 5.64. The molecule has 1 rings (SSSR count). The third-order valence-electron chi connectivity index (χ3n) is 2.80. The van der Waals surface area contributed by atoms with Gasteiger partial charge in [-0.2, -0.15) is 0 Å². The van der Waals surface area contributed by atoms with Crippen LogP contribution in [0.3, 0.4) is 0 Å². The monoisotopic (exact) mass is 200 g/mol. The van der Waals surface area contributed by atoms with Crippen LogP contribution in [0.15, 0.2) is 0 Å². The smallest absolute Gasteiger partial charge is 0.427 e. The van der Waals surface area contributed by atoms with Crippen LogP contribution in [0, 0.1) is 0 Å². The molecule has 5 heteroatoms. The average Bonchev–Trinajstić information content (AvgIpc) is 2.12. The van der Waals surface area contributed by atoms with Crippen LogP contribution in [-0.2, 0) is 0 Å². The normalized spacial score (nSPS) is 27.6. The predicted molar refractivity (Wildman–Crippen MR) is 57.8 cm³/mol. The van der Waals surface area contributed by atoms with E-state index in [-0.39, 0.29) is 0 Å². The third-order valence-corrected chi connectivity index (χ3v) is 2.80. The highest BCUT2D eigenvalue weighted by Crippen LogP contribution is 2.13. The van der Waals surface area contributed by atoms with Crippen molar-refractivity contribution in [2.75, 3.05) is 6.54 Å². The molecule has 82 valence electrons. The summed E-state index contributed by atoms with van der Waals surface area (Å²) in [5.74, 6) is 0. The SMILES string of the molecule is N[C@H]1CCN[C@@H](CCCCB(O)O)C1. The first-order chi connectivity index (χ1) is 6.68. The van der Waals surface area contributed by atoms with Gasteiger partial charge in [0.2, 0.25) is 0 Å². The second kappa shape index (κ2) is 6.40. The van der Waals surface area contributed by atoms with Crippen LogP contribution in [0.1, 0.15) is 32.1 Å².